The number of likely N-dealkylation sites (tertiary alicyclic amines) is 1. The van der Waals surface area contributed by atoms with Gasteiger partial charge in [-0.2, -0.15) is 0 Å². The summed E-state index contributed by atoms with van der Waals surface area (Å²) >= 11 is 0. The number of hydrogen-bond donors (Lipinski definition) is 1. The van der Waals surface area contributed by atoms with Crippen molar-refractivity contribution >= 4 is 10.0 Å². The molecule has 0 bridgehead atoms. The molecule has 1 saturated heterocycles. The highest BCUT2D eigenvalue weighted by Crippen LogP contribution is 2.20. The number of halogens is 3. The summed E-state index contributed by atoms with van der Waals surface area (Å²) in [7, 11) is -3.36. The molecular formula is C13H17F3N2O2S. The number of rotatable bonds is 5. The summed E-state index contributed by atoms with van der Waals surface area (Å²) in [4.78, 5) is 1.78. The number of nitrogens with zero attached hydrogens (tertiary/aromatic N) is 1. The van der Waals surface area contributed by atoms with Gasteiger partial charge in [-0.25, -0.2) is 26.3 Å². The third-order valence-electron chi connectivity index (χ3n) is 3.46. The van der Waals surface area contributed by atoms with Gasteiger partial charge in [0.15, 0.2) is 17.5 Å². The van der Waals surface area contributed by atoms with Crippen molar-refractivity contribution in [3.63, 3.8) is 0 Å². The zero-order chi connectivity index (χ0) is 15.6. The molecule has 21 heavy (non-hydrogen) atoms. The molecule has 0 radical (unpaired) electrons. The van der Waals surface area contributed by atoms with Crippen LogP contribution in [0.2, 0.25) is 0 Å². The second-order valence-corrected chi connectivity index (χ2v) is 7.11. The van der Waals surface area contributed by atoms with Crippen LogP contribution in [0, 0.1) is 17.5 Å². The molecule has 0 aliphatic carbocycles. The van der Waals surface area contributed by atoms with Gasteiger partial charge in [-0.1, -0.05) is 6.92 Å². The van der Waals surface area contributed by atoms with Crippen LogP contribution >= 0.6 is 0 Å². The zero-order valence-electron chi connectivity index (χ0n) is 11.6. The first-order valence-corrected chi connectivity index (χ1v) is 8.22. The summed E-state index contributed by atoms with van der Waals surface area (Å²) in [5.74, 6) is -3.96. The van der Waals surface area contributed by atoms with Gasteiger partial charge in [-0.05, 0) is 30.7 Å². The topological polar surface area (TPSA) is 49.4 Å². The van der Waals surface area contributed by atoms with E-state index in [0.717, 1.165) is 12.1 Å². The average molecular weight is 322 g/mol. The molecule has 1 aliphatic heterocycles. The fourth-order valence-corrected chi connectivity index (χ4v) is 3.93. The van der Waals surface area contributed by atoms with Gasteiger partial charge in [-0.3, -0.25) is 4.90 Å². The maximum absolute atomic E-state index is 13.1. The van der Waals surface area contributed by atoms with Gasteiger partial charge in [-0.15, -0.1) is 0 Å². The minimum absolute atomic E-state index is 0.187. The second kappa shape index (κ2) is 6.33. The Morgan fingerprint density at radius 2 is 1.90 bits per heavy atom. The molecule has 1 aromatic rings. The normalized spacial score (nSPS) is 20.1. The Kier molecular flexibility index (Phi) is 4.90. The molecule has 1 N–H and O–H groups in total. The Morgan fingerprint density at radius 1 is 1.29 bits per heavy atom. The minimum atomic E-state index is -3.36. The van der Waals surface area contributed by atoms with E-state index in [9.17, 15) is 21.6 Å². The van der Waals surface area contributed by atoms with Crippen LogP contribution in [-0.4, -0.2) is 38.2 Å². The number of benzene rings is 1. The van der Waals surface area contributed by atoms with E-state index < -0.39 is 32.7 Å². The molecule has 4 nitrogen and oxygen atoms in total. The van der Waals surface area contributed by atoms with Crippen LogP contribution in [0.5, 0.6) is 0 Å². The molecule has 118 valence electrons. The van der Waals surface area contributed by atoms with E-state index in [1.54, 1.807) is 11.8 Å². The predicted molar refractivity (Wildman–Crippen MR) is 72.6 cm³/mol. The Morgan fingerprint density at radius 3 is 2.48 bits per heavy atom. The Balaban J connectivity index is 2.03. The van der Waals surface area contributed by atoms with Gasteiger partial charge < -0.3 is 0 Å². The van der Waals surface area contributed by atoms with E-state index in [1.807, 2.05) is 0 Å². The van der Waals surface area contributed by atoms with Crippen LogP contribution in [0.3, 0.4) is 0 Å². The molecule has 1 heterocycles. The standard InChI is InChI=1S/C13H17F3N2O2S/c1-2-17-21(19,20)10-3-4-18(8-10)7-9-5-11(14)13(16)12(15)6-9/h5-6,10,17H,2-4,7-8H2,1H3. The van der Waals surface area contributed by atoms with Gasteiger partial charge in [0.2, 0.25) is 10.0 Å². The molecular weight excluding hydrogens is 305 g/mol. The second-order valence-electron chi connectivity index (χ2n) is 5.06. The number of hydrogen-bond acceptors (Lipinski definition) is 3. The third-order valence-corrected chi connectivity index (χ3v) is 5.42. The van der Waals surface area contributed by atoms with Crippen molar-refractivity contribution in [1.29, 1.82) is 0 Å². The van der Waals surface area contributed by atoms with Gasteiger partial charge >= 0.3 is 0 Å². The van der Waals surface area contributed by atoms with Crippen molar-refractivity contribution in [3.05, 3.63) is 35.1 Å². The zero-order valence-corrected chi connectivity index (χ0v) is 12.4. The molecule has 2 rings (SSSR count). The van der Waals surface area contributed by atoms with Crippen molar-refractivity contribution in [2.45, 2.75) is 25.1 Å². The summed E-state index contributed by atoms with van der Waals surface area (Å²) in [6, 6.07) is 1.87. The van der Waals surface area contributed by atoms with Crippen LogP contribution < -0.4 is 4.72 Å². The molecule has 0 aromatic heterocycles. The molecule has 1 atom stereocenters. The quantitative estimate of drug-likeness (QED) is 0.838. The Labute approximate surface area is 122 Å². The van der Waals surface area contributed by atoms with E-state index >= 15 is 0 Å². The van der Waals surface area contributed by atoms with Crippen molar-refractivity contribution in [2.75, 3.05) is 19.6 Å². The van der Waals surface area contributed by atoms with Crippen molar-refractivity contribution < 1.29 is 21.6 Å². The lowest BCUT2D eigenvalue weighted by atomic mass is 10.2. The van der Waals surface area contributed by atoms with E-state index in [4.69, 9.17) is 0 Å². The third kappa shape index (κ3) is 3.75. The Bertz CT molecular complexity index is 599. The van der Waals surface area contributed by atoms with Gasteiger partial charge in [0.25, 0.3) is 0 Å². The first kappa shape index (κ1) is 16.3. The lowest BCUT2D eigenvalue weighted by Gasteiger charge is -2.16. The first-order valence-electron chi connectivity index (χ1n) is 6.67. The number of nitrogens with one attached hydrogen (secondary N) is 1. The summed E-state index contributed by atoms with van der Waals surface area (Å²) in [6.07, 6.45) is 0.460. The molecule has 1 aliphatic rings. The molecule has 8 heteroatoms. The Hall–Kier alpha value is -1.12. The van der Waals surface area contributed by atoms with Crippen LogP contribution in [-0.2, 0) is 16.6 Å². The van der Waals surface area contributed by atoms with E-state index in [2.05, 4.69) is 4.72 Å². The predicted octanol–water partition coefficient (Wildman–Crippen LogP) is 1.62. The van der Waals surface area contributed by atoms with Crippen molar-refractivity contribution in [3.8, 4) is 0 Å². The van der Waals surface area contributed by atoms with Crippen LogP contribution in [0.15, 0.2) is 12.1 Å². The lowest BCUT2D eigenvalue weighted by molar-refractivity contribution is 0.328. The smallest absolute Gasteiger partial charge is 0.215 e. The van der Waals surface area contributed by atoms with Gasteiger partial charge in [0.05, 0.1) is 5.25 Å². The van der Waals surface area contributed by atoms with E-state index in [-0.39, 0.29) is 18.7 Å². The number of sulfonamides is 1. The van der Waals surface area contributed by atoms with Crippen LogP contribution in [0.25, 0.3) is 0 Å². The maximum atomic E-state index is 13.1. The molecule has 0 amide bonds. The van der Waals surface area contributed by atoms with Crippen molar-refractivity contribution in [2.24, 2.45) is 0 Å². The fraction of sp³-hybridized carbons (Fsp3) is 0.538. The summed E-state index contributed by atoms with van der Waals surface area (Å²) in [5, 5.41) is -0.535. The fourth-order valence-electron chi connectivity index (χ4n) is 2.47. The monoisotopic (exact) mass is 322 g/mol. The SMILES string of the molecule is CCNS(=O)(=O)C1CCN(Cc2cc(F)c(F)c(F)c2)C1. The molecule has 1 aromatic carbocycles. The highest BCUT2D eigenvalue weighted by Gasteiger charge is 2.32. The highest BCUT2D eigenvalue weighted by atomic mass is 32.2. The summed E-state index contributed by atoms with van der Waals surface area (Å²) in [6.45, 7) is 3.01. The summed E-state index contributed by atoms with van der Waals surface area (Å²) < 4.78 is 65.4. The average Bonchev–Trinajstić information content (AvgIpc) is 2.85. The van der Waals surface area contributed by atoms with Gasteiger partial charge in [0.1, 0.15) is 0 Å². The van der Waals surface area contributed by atoms with Crippen molar-refractivity contribution in [1.82, 2.24) is 9.62 Å². The van der Waals surface area contributed by atoms with Crippen LogP contribution in [0.1, 0.15) is 18.9 Å². The molecule has 1 unspecified atom stereocenters. The van der Waals surface area contributed by atoms with E-state index in [0.29, 0.717) is 19.5 Å². The minimum Gasteiger partial charge on any atom is -0.298 e. The first-order chi connectivity index (χ1) is 9.83. The highest BCUT2D eigenvalue weighted by molar-refractivity contribution is 7.90. The van der Waals surface area contributed by atoms with E-state index in [1.165, 1.54) is 0 Å². The maximum Gasteiger partial charge on any atom is 0.215 e. The molecule has 0 spiro atoms. The molecule has 1 fully saturated rings. The summed E-state index contributed by atoms with van der Waals surface area (Å²) in [5.41, 5.74) is 0.285. The lowest BCUT2D eigenvalue weighted by Crippen LogP contribution is -2.36. The van der Waals surface area contributed by atoms with Gasteiger partial charge in [0, 0.05) is 19.6 Å². The largest absolute Gasteiger partial charge is 0.298 e. The molecule has 0 saturated carbocycles. The van der Waals surface area contributed by atoms with Crippen LogP contribution in [0.4, 0.5) is 13.2 Å².